The zero-order valence-corrected chi connectivity index (χ0v) is 18.4. The van der Waals surface area contributed by atoms with Gasteiger partial charge >= 0.3 is 0 Å². The smallest absolute Gasteiger partial charge is 0.254 e. The number of halogens is 1. The number of methoxy groups -OCH3 is 1. The lowest BCUT2D eigenvalue weighted by Crippen LogP contribution is -2.29. The molecule has 0 aliphatic heterocycles. The lowest BCUT2D eigenvalue weighted by Gasteiger charge is -2.26. The monoisotopic (exact) mass is 458 g/mol. The fourth-order valence-corrected chi connectivity index (χ4v) is 3.53. The molecule has 0 bridgehead atoms. The Hall–Kier alpha value is -2.87. The normalized spacial score (nSPS) is 11.8. The van der Waals surface area contributed by atoms with Crippen molar-refractivity contribution in [2.75, 3.05) is 20.8 Å². The van der Waals surface area contributed by atoms with Gasteiger partial charge in [0, 0.05) is 12.6 Å². The molecule has 0 fully saturated rings. The first-order chi connectivity index (χ1) is 14.0. The van der Waals surface area contributed by atoms with Gasteiger partial charge in [-0.2, -0.15) is 5.10 Å². The largest absolute Gasteiger partial charge is 0.493 e. The quantitative estimate of drug-likeness (QED) is 0.528. The summed E-state index contributed by atoms with van der Waals surface area (Å²) in [6.45, 7) is 4.39. The van der Waals surface area contributed by atoms with Crippen LogP contribution < -0.4 is 9.47 Å². The number of nitrogens with zero attached hydrogens (tertiary/aromatic N) is 4. The van der Waals surface area contributed by atoms with E-state index >= 15 is 0 Å². The molecule has 3 rings (SSSR count). The van der Waals surface area contributed by atoms with Gasteiger partial charge in [-0.3, -0.25) is 4.79 Å². The predicted molar refractivity (Wildman–Crippen MR) is 114 cm³/mol. The summed E-state index contributed by atoms with van der Waals surface area (Å²) in [5.74, 6) is 0.994. The summed E-state index contributed by atoms with van der Waals surface area (Å²) in [4.78, 5) is 18.7. The van der Waals surface area contributed by atoms with Gasteiger partial charge in [-0.25, -0.2) is 9.67 Å². The van der Waals surface area contributed by atoms with E-state index in [0.29, 0.717) is 28.1 Å². The third-order valence-corrected chi connectivity index (χ3v) is 5.31. The van der Waals surface area contributed by atoms with Crippen molar-refractivity contribution in [1.29, 1.82) is 0 Å². The van der Waals surface area contributed by atoms with Crippen molar-refractivity contribution < 1.29 is 14.3 Å². The fourth-order valence-electron chi connectivity index (χ4n) is 2.98. The molecule has 0 saturated heterocycles. The molecule has 3 aromatic rings. The van der Waals surface area contributed by atoms with Crippen molar-refractivity contribution in [2.45, 2.75) is 19.9 Å². The van der Waals surface area contributed by atoms with Crippen LogP contribution in [0.1, 0.15) is 35.8 Å². The highest BCUT2D eigenvalue weighted by Gasteiger charge is 2.22. The van der Waals surface area contributed by atoms with Gasteiger partial charge in [-0.15, -0.1) is 0 Å². The van der Waals surface area contributed by atoms with Crippen LogP contribution in [0.3, 0.4) is 0 Å². The van der Waals surface area contributed by atoms with Crippen LogP contribution in [0, 0.1) is 0 Å². The number of carbonyl (C=O) groups excluding carboxylic acids is 1. The van der Waals surface area contributed by atoms with Crippen molar-refractivity contribution in [3.05, 3.63) is 64.7 Å². The minimum atomic E-state index is -0.122. The molecular formula is C21H23BrN4O3. The van der Waals surface area contributed by atoms with Gasteiger partial charge in [-0.1, -0.05) is 12.1 Å². The molecule has 2 aromatic carbocycles. The summed E-state index contributed by atoms with van der Waals surface area (Å²) in [7, 11) is 3.34. The highest BCUT2D eigenvalue weighted by Crippen LogP contribution is 2.37. The fraction of sp³-hybridized carbons (Fsp3) is 0.286. The SMILES string of the molecule is CCOc1c(Br)cc(C(=O)N(C)C(C)c2ccc(-n3cncn3)cc2)cc1OC. The predicted octanol–water partition coefficient (Wildman–Crippen LogP) is 4.27. The van der Waals surface area contributed by atoms with Crippen LogP contribution in [0.4, 0.5) is 0 Å². The third kappa shape index (κ3) is 4.42. The van der Waals surface area contributed by atoms with E-state index < -0.39 is 0 Å². The van der Waals surface area contributed by atoms with Gasteiger partial charge in [0.1, 0.15) is 12.7 Å². The third-order valence-electron chi connectivity index (χ3n) is 4.73. The highest BCUT2D eigenvalue weighted by atomic mass is 79.9. The van der Waals surface area contributed by atoms with E-state index in [1.54, 1.807) is 42.2 Å². The van der Waals surface area contributed by atoms with Crippen LogP contribution in [-0.4, -0.2) is 46.3 Å². The van der Waals surface area contributed by atoms with Crippen LogP contribution in [0.15, 0.2) is 53.5 Å². The number of hydrogen-bond donors (Lipinski definition) is 0. The molecule has 152 valence electrons. The van der Waals surface area contributed by atoms with Gasteiger partial charge in [-0.05, 0) is 59.6 Å². The first kappa shape index (κ1) is 20.9. The Morgan fingerprint density at radius 3 is 2.59 bits per heavy atom. The van der Waals surface area contributed by atoms with Crippen LogP contribution >= 0.6 is 15.9 Å². The molecular weight excluding hydrogens is 436 g/mol. The van der Waals surface area contributed by atoms with Crippen molar-refractivity contribution in [3.8, 4) is 17.2 Å². The zero-order chi connectivity index (χ0) is 21.0. The molecule has 0 saturated carbocycles. The molecule has 1 heterocycles. The van der Waals surface area contributed by atoms with Crippen LogP contribution in [0.2, 0.25) is 0 Å². The average Bonchev–Trinajstić information content (AvgIpc) is 3.28. The lowest BCUT2D eigenvalue weighted by atomic mass is 10.1. The summed E-state index contributed by atoms with van der Waals surface area (Å²) in [5, 5.41) is 4.12. The van der Waals surface area contributed by atoms with E-state index in [4.69, 9.17) is 9.47 Å². The lowest BCUT2D eigenvalue weighted by molar-refractivity contribution is 0.0742. The van der Waals surface area contributed by atoms with E-state index in [-0.39, 0.29) is 11.9 Å². The second-order valence-corrected chi connectivity index (χ2v) is 7.30. The van der Waals surface area contributed by atoms with Crippen molar-refractivity contribution in [1.82, 2.24) is 19.7 Å². The van der Waals surface area contributed by atoms with Crippen molar-refractivity contribution in [3.63, 3.8) is 0 Å². The number of amides is 1. The van der Waals surface area contributed by atoms with Gasteiger partial charge in [0.2, 0.25) is 0 Å². The molecule has 1 amide bonds. The summed E-state index contributed by atoms with van der Waals surface area (Å²) in [5.41, 5.74) is 2.44. The van der Waals surface area contributed by atoms with Crippen LogP contribution in [-0.2, 0) is 0 Å². The van der Waals surface area contributed by atoms with E-state index in [1.165, 1.54) is 6.33 Å². The number of benzene rings is 2. The molecule has 29 heavy (non-hydrogen) atoms. The molecule has 0 aliphatic rings. The minimum absolute atomic E-state index is 0.111. The molecule has 1 atom stereocenters. The Morgan fingerprint density at radius 2 is 2.00 bits per heavy atom. The molecule has 0 radical (unpaired) electrons. The standard InChI is InChI=1S/C21H23BrN4O3/c1-5-29-20-18(22)10-16(11-19(20)28-4)21(27)25(3)14(2)15-6-8-17(9-7-15)26-13-23-12-24-26/h6-14H,5H2,1-4H3. The summed E-state index contributed by atoms with van der Waals surface area (Å²) < 4.78 is 13.4. The Balaban J connectivity index is 1.81. The van der Waals surface area contributed by atoms with E-state index in [9.17, 15) is 4.79 Å². The number of hydrogen-bond acceptors (Lipinski definition) is 5. The topological polar surface area (TPSA) is 69.5 Å². The second-order valence-electron chi connectivity index (χ2n) is 6.45. The molecule has 1 aromatic heterocycles. The maximum atomic E-state index is 13.1. The van der Waals surface area contributed by atoms with Gasteiger partial charge in [0.15, 0.2) is 11.5 Å². The summed E-state index contributed by atoms with van der Waals surface area (Å²) >= 11 is 3.48. The van der Waals surface area contributed by atoms with Crippen LogP contribution in [0.5, 0.6) is 11.5 Å². The summed E-state index contributed by atoms with van der Waals surface area (Å²) in [6, 6.07) is 11.2. The zero-order valence-electron chi connectivity index (χ0n) is 16.8. The Kier molecular flexibility index (Phi) is 6.53. The number of aromatic nitrogens is 3. The molecule has 7 nitrogen and oxygen atoms in total. The molecule has 0 N–H and O–H groups in total. The second kappa shape index (κ2) is 9.09. The van der Waals surface area contributed by atoms with E-state index in [1.807, 2.05) is 38.1 Å². The molecule has 0 aliphatic carbocycles. The number of rotatable bonds is 7. The highest BCUT2D eigenvalue weighted by molar-refractivity contribution is 9.10. The first-order valence-corrected chi connectivity index (χ1v) is 9.98. The maximum Gasteiger partial charge on any atom is 0.254 e. The van der Waals surface area contributed by atoms with Crippen molar-refractivity contribution >= 4 is 21.8 Å². The maximum absolute atomic E-state index is 13.1. The average molecular weight is 459 g/mol. The van der Waals surface area contributed by atoms with Crippen molar-refractivity contribution in [2.24, 2.45) is 0 Å². The van der Waals surface area contributed by atoms with Gasteiger partial charge < -0.3 is 14.4 Å². The molecule has 8 heteroatoms. The number of ether oxygens (including phenoxy) is 2. The Labute approximate surface area is 178 Å². The molecule has 1 unspecified atom stereocenters. The van der Waals surface area contributed by atoms with Gasteiger partial charge in [0.05, 0.1) is 29.9 Å². The van der Waals surface area contributed by atoms with Crippen LogP contribution in [0.25, 0.3) is 5.69 Å². The summed E-state index contributed by atoms with van der Waals surface area (Å²) in [6.07, 6.45) is 3.14. The van der Waals surface area contributed by atoms with Gasteiger partial charge in [0.25, 0.3) is 5.91 Å². The Bertz CT molecular complexity index is 974. The number of carbonyl (C=O) groups is 1. The van der Waals surface area contributed by atoms with E-state index in [0.717, 1.165) is 11.3 Å². The molecule has 0 spiro atoms. The van der Waals surface area contributed by atoms with E-state index in [2.05, 4.69) is 26.0 Å². The Morgan fingerprint density at radius 1 is 1.28 bits per heavy atom. The minimum Gasteiger partial charge on any atom is -0.493 e. The first-order valence-electron chi connectivity index (χ1n) is 9.18.